The first-order valence-electron chi connectivity index (χ1n) is 26.5. The molecule has 60 heavy (non-hydrogen) atoms. The summed E-state index contributed by atoms with van der Waals surface area (Å²) in [7, 11) is 0. The number of hydrogen-bond donors (Lipinski definition) is 0. The molecule has 0 radical (unpaired) electrons. The third-order valence-electron chi connectivity index (χ3n) is 11.7. The second-order valence-electron chi connectivity index (χ2n) is 17.8. The van der Waals surface area contributed by atoms with Crippen molar-refractivity contribution < 1.29 is 23.8 Å². The molecule has 0 N–H and O–H groups in total. The standard InChI is InChI=1S/C55H102O5/c1-4-7-10-13-16-19-22-25-26-27-28-29-32-35-38-41-44-47-50-58-51-53(60-55(57)49-46-43-40-37-34-31-24-21-18-15-12-9-6-3)52-59-54(56)48-45-42-39-36-33-30-23-20-17-14-11-8-5-2/h7,10,16,19,25-26,53H,4-6,8-9,11-15,17-18,20-24,27-52H2,1-3H3/b10-7-,19-16-,26-25-. The van der Waals surface area contributed by atoms with Gasteiger partial charge < -0.3 is 14.2 Å². The molecule has 0 spiro atoms. The van der Waals surface area contributed by atoms with E-state index in [1.807, 2.05) is 0 Å². The minimum atomic E-state index is -0.533. The average molecular weight is 843 g/mol. The molecule has 0 amide bonds. The highest BCUT2D eigenvalue weighted by atomic mass is 16.6. The number of carbonyl (C=O) groups is 2. The monoisotopic (exact) mass is 843 g/mol. The van der Waals surface area contributed by atoms with Crippen molar-refractivity contribution in [2.24, 2.45) is 0 Å². The van der Waals surface area contributed by atoms with E-state index in [4.69, 9.17) is 14.2 Å². The van der Waals surface area contributed by atoms with Gasteiger partial charge in [-0.2, -0.15) is 0 Å². The fourth-order valence-electron chi connectivity index (χ4n) is 7.76. The lowest BCUT2D eigenvalue weighted by atomic mass is 10.0. The summed E-state index contributed by atoms with van der Waals surface area (Å²) >= 11 is 0. The number of allylic oxidation sites excluding steroid dienone is 6. The van der Waals surface area contributed by atoms with Gasteiger partial charge in [0.2, 0.25) is 0 Å². The number of hydrogen-bond acceptors (Lipinski definition) is 5. The highest BCUT2D eigenvalue weighted by Crippen LogP contribution is 2.16. The molecule has 0 aliphatic rings. The molecule has 0 saturated carbocycles. The predicted octanol–water partition coefficient (Wildman–Crippen LogP) is 17.8. The van der Waals surface area contributed by atoms with E-state index in [-0.39, 0.29) is 25.2 Å². The minimum absolute atomic E-state index is 0.0887. The molecule has 0 aromatic heterocycles. The van der Waals surface area contributed by atoms with Crippen LogP contribution in [0.4, 0.5) is 0 Å². The fraction of sp³-hybridized carbons (Fsp3) is 0.855. The van der Waals surface area contributed by atoms with Crippen LogP contribution in [0.15, 0.2) is 36.5 Å². The minimum Gasteiger partial charge on any atom is -0.462 e. The van der Waals surface area contributed by atoms with Gasteiger partial charge in [0.05, 0.1) is 6.61 Å². The quantitative estimate of drug-likeness (QED) is 0.0347. The van der Waals surface area contributed by atoms with Gasteiger partial charge in [0, 0.05) is 19.4 Å². The first kappa shape index (κ1) is 58.1. The molecule has 0 aliphatic heterocycles. The van der Waals surface area contributed by atoms with Gasteiger partial charge in [-0.05, 0) is 51.4 Å². The summed E-state index contributed by atoms with van der Waals surface area (Å²) < 4.78 is 17.4. The zero-order chi connectivity index (χ0) is 43.5. The lowest BCUT2D eigenvalue weighted by Crippen LogP contribution is -2.30. The number of unbranched alkanes of at least 4 members (excludes halogenated alkanes) is 32. The van der Waals surface area contributed by atoms with Gasteiger partial charge in [0.25, 0.3) is 0 Å². The van der Waals surface area contributed by atoms with Crippen LogP contribution < -0.4 is 0 Å². The summed E-state index contributed by atoms with van der Waals surface area (Å²) in [5.74, 6) is -0.385. The largest absolute Gasteiger partial charge is 0.462 e. The van der Waals surface area contributed by atoms with Crippen molar-refractivity contribution in [1.82, 2.24) is 0 Å². The van der Waals surface area contributed by atoms with Crippen molar-refractivity contribution in [3.05, 3.63) is 36.5 Å². The third-order valence-corrected chi connectivity index (χ3v) is 11.7. The van der Waals surface area contributed by atoms with E-state index in [0.717, 1.165) is 57.8 Å². The van der Waals surface area contributed by atoms with Crippen LogP contribution in [0.2, 0.25) is 0 Å². The van der Waals surface area contributed by atoms with Gasteiger partial charge >= 0.3 is 11.9 Å². The zero-order valence-electron chi connectivity index (χ0n) is 40.5. The SMILES string of the molecule is CC/C=C\C/C=C\C/C=C\CCCCCCCCCCOCC(COC(=O)CCCCCCCCCCCCCCC)OC(=O)CCCCCCCCCCCCCCC. The number of esters is 2. The topological polar surface area (TPSA) is 61.8 Å². The highest BCUT2D eigenvalue weighted by molar-refractivity contribution is 5.70. The maximum absolute atomic E-state index is 12.8. The van der Waals surface area contributed by atoms with E-state index in [0.29, 0.717) is 19.4 Å². The molecule has 5 nitrogen and oxygen atoms in total. The van der Waals surface area contributed by atoms with E-state index in [2.05, 4.69) is 57.2 Å². The Morgan fingerprint density at radius 2 is 0.750 bits per heavy atom. The van der Waals surface area contributed by atoms with Gasteiger partial charge in [-0.15, -0.1) is 0 Å². The van der Waals surface area contributed by atoms with Crippen LogP contribution in [-0.2, 0) is 23.8 Å². The van der Waals surface area contributed by atoms with Crippen LogP contribution >= 0.6 is 0 Å². The molecule has 0 bridgehead atoms. The van der Waals surface area contributed by atoms with Gasteiger partial charge in [0.15, 0.2) is 6.10 Å². The van der Waals surface area contributed by atoms with Crippen LogP contribution in [0.3, 0.4) is 0 Å². The molecule has 0 aromatic carbocycles. The second-order valence-corrected chi connectivity index (χ2v) is 17.8. The Kier molecular flexibility index (Phi) is 49.9. The van der Waals surface area contributed by atoms with Crippen molar-refractivity contribution in [2.75, 3.05) is 19.8 Å². The first-order chi connectivity index (χ1) is 29.6. The van der Waals surface area contributed by atoms with Crippen LogP contribution in [0.1, 0.15) is 278 Å². The van der Waals surface area contributed by atoms with Crippen molar-refractivity contribution in [2.45, 2.75) is 284 Å². The lowest BCUT2D eigenvalue weighted by Gasteiger charge is -2.18. The molecule has 1 unspecified atom stereocenters. The summed E-state index contributed by atoms with van der Waals surface area (Å²) in [5.41, 5.74) is 0. The van der Waals surface area contributed by atoms with Gasteiger partial charge in [-0.25, -0.2) is 0 Å². The summed E-state index contributed by atoms with van der Waals surface area (Å²) in [6, 6.07) is 0. The van der Waals surface area contributed by atoms with E-state index in [9.17, 15) is 9.59 Å². The van der Waals surface area contributed by atoms with Crippen molar-refractivity contribution in [3.8, 4) is 0 Å². The Morgan fingerprint density at radius 3 is 1.20 bits per heavy atom. The molecule has 0 saturated heterocycles. The van der Waals surface area contributed by atoms with E-state index in [1.54, 1.807) is 0 Å². The van der Waals surface area contributed by atoms with Crippen LogP contribution in [0.25, 0.3) is 0 Å². The first-order valence-corrected chi connectivity index (χ1v) is 26.5. The Hall–Kier alpha value is -1.88. The Morgan fingerprint density at radius 1 is 0.383 bits per heavy atom. The van der Waals surface area contributed by atoms with Crippen molar-refractivity contribution >= 4 is 11.9 Å². The molecular formula is C55H102O5. The van der Waals surface area contributed by atoms with Crippen molar-refractivity contribution in [1.29, 1.82) is 0 Å². The highest BCUT2D eigenvalue weighted by Gasteiger charge is 2.17. The maximum Gasteiger partial charge on any atom is 0.306 e. The summed E-state index contributed by atoms with van der Waals surface area (Å²) in [6.07, 6.45) is 61.5. The number of rotatable bonds is 49. The maximum atomic E-state index is 12.8. The van der Waals surface area contributed by atoms with Crippen LogP contribution in [0.5, 0.6) is 0 Å². The molecule has 5 heteroatoms. The van der Waals surface area contributed by atoms with Gasteiger partial charge in [-0.3, -0.25) is 9.59 Å². The van der Waals surface area contributed by atoms with E-state index in [1.165, 1.54) is 186 Å². The smallest absolute Gasteiger partial charge is 0.306 e. The molecule has 0 aliphatic carbocycles. The second kappa shape index (κ2) is 51.5. The lowest BCUT2D eigenvalue weighted by molar-refractivity contribution is -0.163. The molecule has 0 fully saturated rings. The van der Waals surface area contributed by atoms with Crippen LogP contribution in [0, 0.1) is 0 Å². The number of carbonyl (C=O) groups excluding carboxylic acids is 2. The molecule has 0 aromatic rings. The molecular weight excluding hydrogens is 741 g/mol. The molecule has 352 valence electrons. The summed E-state index contributed by atoms with van der Waals surface area (Å²) in [4.78, 5) is 25.4. The summed E-state index contributed by atoms with van der Waals surface area (Å²) in [5, 5.41) is 0. The van der Waals surface area contributed by atoms with Gasteiger partial charge in [0.1, 0.15) is 6.61 Å². The fourth-order valence-corrected chi connectivity index (χ4v) is 7.76. The Balaban J connectivity index is 4.22. The normalized spacial score (nSPS) is 12.4. The van der Waals surface area contributed by atoms with E-state index < -0.39 is 6.10 Å². The van der Waals surface area contributed by atoms with Crippen molar-refractivity contribution in [3.63, 3.8) is 0 Å². The Bertz CT molecular complexity index is 955. The number of ether oxygens (including phenoxy) is 3. The molecule has 0 heterocycles. The van der Waals surface area contributed by atoms with Crippen LogP contribution in [-0.4, -0.2) is 37.9 Å². The van der Waals surface area contributed by atoms with Gasteiger partial charge in [-0.1, -0.05) is 250 Å². The predicted molar refractivity (Wildman–Crippen MR) is 261 cm³/mol. The third kappa shape index (κ3) is 48.8. The zero-order valence-corrected chi connectivity index (χ0v) is 40.5. The molecule has 1 atom stereocenters. The Labute approximate surface area is 374 Å². The average Bonchev–Trinajstić information content (AvgIpc) is 3.25. The van der Waals surface area contributed by atoms with E-state index >= 15 is 0 Å². The molecule has 0 rings (SSSR count). The summed E-state index contributed by atoms with van der Waals surface area (Å²) in [6.45, 7) is 7.75.